The third kappa shape index (κ3) is 3.68. The Morgan fingerprint density at radius 3 is 2.84 bits per heavy atom. The summed E-state index contributed by atoms with van der Waals surface area (Å²) in [6, 6.07) is 8.21. The van der Waals surface area contributed by atoms with E-state index in [4.69, 9.17) is 16.0 Å². The number of hydrogen-bond acceptors (Lipinski definition) is 5. The fourth-order valence-corrected chi connectivity index (χ4v) is 1.85. The second-order valence-electron chi connectivity index (χ2n) is 4.21. The van der Waals surface area contributed by atoms with Crippen LogP contribution in [0.2, 0.25) is 5.02 Å². The van der Waals surface area contributed by atoms with Crippen LogP contribution in [0.25, 0.3) is 0 Å². The molecule has 0 fully saturated rings. The molecule has 1 heterocycles. The lowest BCUT2D eigenvalue weighted by Crippen LogP contribution is -2.17. The molecule has 1 aromatic carbocycles. The molecule has 0 saturated heterocycles. The van der Waals surface area contributed by atoms with Gasteiger partial charge in [0.1, 0.15) is 0 Å². The van der Waals surface area contributed by atoms with Gasteiger partial charge in [-0.15, -0.1) is 5.10 Å². The minimum Gasteiger partial charge on any atom is -0.407 e. The third-order valence-corrected chi connectivity index (χ3v) is 3.04. The van der Waals surface area contributed by atoms with Crippen LogP contribution in [0, 0.1) is 0 Å². The fourth-order valence-electron chi connectivity index (χ4n) is 1.65. The lowest BCUT2D eigenvalue weighted by molar-refractivity contribution is 0.469. The number of anilines is 1. The van der Waals surface area contributed by atoms with Crippen LogP contribution >= 0.6 is 11.6 Å². The average Bonchev–Trinajstić information content (AvgIpc) is 2.88. The molecule has 1 N–H and O–H groups in total. The highest BCUT2D eigenvalue weighted by molar-refractivity contribution is 6.31. The first-order chi connectivity index (χ1) is 9.20. The average molecular weight is 281 g/mol. The number of nitrogens with zero attached hydrogens (tertiary/aromatic N) is 3. The number of aromatic nitrogens is 2. The maximum absolute atomic E-state index is 6.13. The first kappa shape index (κ1) is 13.8. The van der Waals surface area contributed by atoms with Crippen LogP contribution in [0.15, 0.2) is 28.7 Å². The second-order valence-corrected chi connectivity index (χ2v) is 4.61. The molecule has 1 aromatic heterocycles. The second kappa shape index (κ2) is 6.54. The van der Waals surface area contributed by atoms with Gasteiger partial charge in [-0.1, -0.05) is 41.8 Å². The molecule has 0 atom stereocenters. The van der Waals surface area contributed by atoms with Crippen LogP contribution in [0.5, 0.6) is 0 Å². The molecule has 2 rings (SSSR count). The number of rotatable bonds is 6. The first-order valence-electron chi connectivity index (χ1n) is 6.18. The maximum Gasteiger partial charge on any atom is 0.318 e. The van der Waals surface area contributed by atoms with Crippen molar-refractivity contribution in [2.75, 3.05) is 18.5 Å². The highest BCUT2D eigenvalue weighted by Gasteiger charge is 2.12. The Labute approximate surface area is 117 Å². The summed E-state index contributed by atoms with van der Waals surface area (Å²) in [6.45, 7) is 4.11. The van der Waals surface area contributed by atoms with Crippen LogP contribution < -0.4 is 10.2 Å². The van der Waals surface area contributed by atoms with Crippen molar-refractivity contribution in [3.05, 3.63) is 40.7 Å². The van der Waals surface area contributed by atoms with E-state index in [2.05, 4.69) is 15.5 Å². The van der Waals surface area contributed by atoms with Gasteiger partial charge in [-0.3, -0.25) is 0 Å². The van der Waals surface area contributed by atoms with E-state index in [1.54, 1.807) is 0 Å². The molecule has 0 spiro atoms. The lowest BCUT2D eigenvalue weighted by Gasteiger charge is -2.14. The minimum absolute atomic E-state index is 0.493. The predicted octanol–water partition coefficient (Wildman–Crippen LogP) is 2.47. The largest absolute Gasteiger partial charge is 0.407 e. The topological polar surface area (TPSA) is 54.2 Å². The van der Waals surface area contributed by atoms with Crippen molar-refractivity contribution < 1.29 is 4.42 Å². The summed E-state index contributed by atoms with van der Waals surface area (Å²) >= 11 is 6.13. The Hall–Kier alpha value is -1.59. The summed E-state index contributed by atoms with van der Waals surface area (Å²) in [5, 5.41) is 11.9. The summed E-state index contributed by atoms with van der Waals surface area (Å²) in [5.41, 5.74) is 1.03. The van der Waals surface area contributed by atoms with Gasteiger partial charge in [0, 0.05) is 18.6 Å². The van der Waals surface area contributed by atoms with Gasteiger partial charge in [0.2, 0.25) is 5.89 Å². The van der Waals surface area contributed by atoms with Crippen molar-refractivity contribution >= 4 is 17.6 Å². The van der Waals surface area contributed by atoms with Gasteiger partial charge in [0.05, 0.1) is 6.54 Å². The van der Waals surface area contributed by atoms with Gasteiger partial charge in [0.25, 0.3) is 0 Å². The van der Waals surface area contributed by atoms with Gasteiger partial charge in [0.15, 0.2) is 0 Å². The van der Waals surface area contributed by atoms with Crippen LogP contribution in [-0.4, -0.2) is 23.8 Å². The number of hydrogen-bond donors (Lipinski definition) is 1. The summed E-state index contributed by atoms with van der Waals surface area (Å²) in [6.07, 6.45) is 0. The molecule has 0 aliphatic rings. The molecule has 5 nitrogen and oxygen atoms in total. The van der Waals surface area contributed by atoms with Crippen molar-refractivity contribution in [2.45, 2.75) is 20.0 Å². The zero-order valence-electron chi connectivity index (χ0n) is 11.1. The number of benzene rings is 1. The highest BCUT2D eigenvalue weighted by Crippen LogP contribution is 2.19. The summed E-state index contributed by atoms with van der Waals surface area (Å²) < 4.78 is 5.56. The van der Waals surface area contributed by atoms with E-state index in [0.29, 0.717) is 25.0 Å². The molecule has 0 aliphatic carbocycles. The molecule has 0 aliphatic heterocycles. The fraction of sp³-hybridized carbons (Fsp3) is 0.385. The Morgan fingerprint density at radius 2 is 2.11 bits per heavy atom. The molecule has 0 unspecified atom stereocenters. The SMILES string of the molecule is CCNCc1nnc(N(C)Cc2ccccc2Cl)o1. The van der Waals surface area contributed by atoms with E-state index in [1.807, 2.05) is 43.1 Å². The normalized spacial score (nSPS) is 10.7. The summed E-state index contributed by atoms with van der Waals surface area (Å²) in [4.78, 5) is 1.88. The number of halogens is 1. The Bertz CT molecular complexity index is 529. The lowest BCUT2D eigenvalue weighted by atomic mass is 10.2. The quantitative estimate of drug-likeness (QED) is 0.881. The molecule has 0 saturated carbocycles. The zero-order chi connectivity index (χ0) is 13.7. The Morgan fingerprint density at radius 1 is 1.32 bits per heavy atom. The molecule has 2 aromatic rings. The van der Waals surface area contributed by atoms with E-state index in [-0.39, 0.29) is 0 Å². The van der Waals surface area contributed by atoms with Gasteiger partial charge in [-0.25, -0.2) is 0 Å². The zero-order valence-corrected chi connectivity index (χ0v) is 11.8. The highest BCUT2D eigenvalue weighted by atomic mass is 35.5. The van der Waals surface area contributed by atoms with Crippen LogP contribution in [0.1, 0.15) is 18.4 Å². The standard InChI is InChI=1S/C13H17ClN4O/c1-3-15-8-12-16-17-13(19-12)18(2)9-10-6-4-5-7-11(10)14/h4-7,15H,3,8-9H2,1-2H3. The predicted molar refractivity (Wildman–Crippen MR) is 75.2 cm³/mol. The van der Waals surface area contributed by atoms with Gasteiger partial charge < -0.3 is 14.6 Å². The van der Waals surface area contributed by atoms with Crippen LogP contribution in [0.4, 0.5) is 6.01 Å². The molecule has 6 heteroatoms. The van der Waals surface area contributed by atoms with Gasteiger partial charge in [-0.2, -0.15) is 0 Å². The van der Waals surface area contributed by atoms with Crippen molar-refractivity contribution in [3.63, 3.8) is 0 Å². The number of nitrogens with one attached hydrogen (secondary N) is 1. The van der Waals surface area contributed by atoms with E-state index in [1.165, 1.54) is 0 Å². The smallest absolute Gasteiger partial charge is 0.318 e. The first-order valence-corrected chi connectivity index (χ1v) is 6.56. The maximum atomic E-state index is 6.13. The van der Waals surface area contributed by atoms with E-state index >= 15 is 0 Å². The third-order valence-electron chi connectivity index (χ3n) is 2.67. The molecule has 19 heavy (non-hydrogen) atoms. The van der Waals surface area contributed by atoms with Crippen molar-refractivity contribution in [2.24, 2.45) is 0 Å². The van der Waals surface area contributed by atoms with Gasteiger partial charge in [-0.05, 0) is 18.2 Å². The molecule has 0 radical (unpaired) electrons. The van der Waals surface area contributed by atoms with Crippen molar-refractivity contribution in [1.82, 2.24) is 15.5 Å². The van der Waals surface area contributed by atoms with Gasteiger partial charge >= 0.3 is 6.01 Å². The molecular formula is C13H17ClN4O. The van der Waals surface area contributed by atoms with E-state index in [9.17, 15) is 0 Å². The molecule has 0 bridgehead atoms. The molecule has 0 amide bonds. The summed E-state index contributed by atoms with van der Waals surface area (Å²) in [7, 11) is 1.90. The molecule has 102 valence electrons. The Kier molecular flexibility index (Phi) is 4.76. The van der Waals surface area contributed by atoms with Crippen molar-refractivity contribution in [1.29, 1.82) is 0 Å². The summed E-state index contributed by atoms with van der Waals surface area (Å²) in [5.74, 6) is 0.586. The van der Waals surface area contributed by atoms with Crippen LogP contribution in [0.3, 0.4) is 0 Å². The Balaban J connectivity index is 2.01. The van der Waals surface area contributed by atoms with E-state index < -0.39 is 0 Å². The monoisotopic (exact) mass is 280 g/mol. The minimum atomic E-state index is 0.493. The van der Waals surface area contributed by atoms with Crippen molar-refractivity contribution in [3.8, 4) is 0 Å². The molecular weight excluding hydrogens is 264 g/mol. The van der Waals surface area contributed by atoms with Crippen LogP contribution in [-0.2, 0) is 13.1 Å². The van der Waals surface area contributed by atoms with E-state index in [0.717, 1.165) is 17.1 Å².